The first-order valence-corrected chi connectivity index (χ1v) is 3.67. The Morgan fingerprint density at radius 2 is 2.40 bits per heavy atom. The van der Waals surface area contributed by atoms with E-state index in [1.165, 1.54) is 6.42 Å². The smallest absolute Gasteiger partial charge is 0.0944 e. The van der Waals surface area contributed by atoms with Gasteiger partial charge in [0.05, 0.1) is 6.07 Å². The Balaban J connectivity index is 2.27. The zero-order valence-corrected chi connectivity index (χ0v) is 5.75. The highest BCUT2D eigenvalue weighted by Gasteiger charge is 2.23. The molecule has 0 aliphatic heterocycles. The first-order chi connectivity index (χ1) is 4.88. The summed E-state index contributed by atoms with van der Waals surface area (Å²) in [4.78, 5) is 0. The summed E-state index contributed by atoms with van der Waals surface area (Å²) in [6.45, 7) is 0. The van der Waals surface area contributed by atoms with E-state index in [1.54, 1.807) is 0 Å². The molecule has 0 amide bonds. The molecule has 0 saturated heterocycles. The van der Waals surface area contributed by atoms with Crippen molar-refractivity contribution in [2.75, 3.05) is 0 Å². The molecule has 0 saturated carbocycles. The van der Waals surface area contributed by atoms with Crippen molar-refractivity contribution in [1.82, 2.24) is 0 Å². The molecule has 1 heteroatoms. The fourth-order valence-corrected chi connectivity index (χ4v) is 1.77. The van der Waals surface area contributed by atoms with Crippen LogP contribution in [0, 0.1) is 23.2 Å². The summed E-state index contributed by atoms with van der Waals surface area (Å²) >= 11 is 0. The van der Waals surface area contributed by atoms with Gasteiger partial charge in [-0.15, -0.1) is 0 Å². The van der Waals surface area contributed by atoms with Gasteiger partial charge in [-0.1, -0.05) is 18.2 Å². The van der Waals surface area contributed by atoms with Crippen molar-refractivity contribution < 1.29 is 0 Å². The zero-order chi connectivity index (χ0) is 6.97. The van der Waals surface area contributed by atoms with Gasteiger partial charge in [0.1, 0.15) is 0 Å². The highest BCUT2D eigenvalue weighted by Crippen LogP contribution is 2.34. The molecule has 2 rings (SSSR count). The summed E-state index contributed by atoms with van der Waals surface area (Å²) in [5.74, 6) is 1.25. The van der Waals surface area contributed by atoms with E-state index in [9.17, 15) is 0 Å². The number of nitriles is 1. The number of fused-ring (bicyclic) bond motifs is 2. The van der Waals surface area contributed by atoms with Gasteiger partial charge in [-0.3, -0.25) is 0 Å². The van der Waals surface area contributed by atoms with Gasteiger partial charge in [0, 0.05) is 5.57 Å². The third-order valence-electron chi connectivity index (χ3n) is 2.25. The summed E-state index contributed by atoms with van der Waals surface area (Å²) in [5, 5.41) is 8.61. The zero-order valence-electron chi connectivity index (χ0n) is 5.75. The van der Waals surface area contributed by atoms with Crippen LogP contribution in [0.5, 0.6) is 0 Å². The minimum absolute atomic E-state index is 0.577. The molecule has 2 atom stereocenters. The Kier molecular flexibility index (Phi) is 1.14. The second-order valence-corrected chi connectivity index (χ2v) is 3.05. The van der Waals surface area contributed by atoms with Gasteiger partial charge in [0.2, 0.25) is 0 Å². The van der Waals surface area contributed by atoms with Crippen molar-refractivity contribution in [2.45, 2.75) is 12.8 Å². The molecule has 2 aliphatic carbocycles. The maximum absolute atomic E-state index is 8.61. The number of rotatable bonds is 0. The second kappa shape index (κ2) is 1.98. The molecule has 0 aromatic rings. The molecule has 0 fully saturated rings. The van der Waals surface area contributed by atoms with E-state index in [-0.39, 0.29) is 0 Å². The van der Waals surface area contributed by atoms with Crippen molar-refractivity contribution in [3.05, 3.63) is 23.8 Å². The predicted molar refractivity (Wildman–Crippen MR) is 39.1 cm³/mol. The van der Waals surface area contributed by atoms with E-state index in [4.69, 9.17) is 5.26 Å². The van der Waals surface area contributed by atoms with Crippen LogP contribution in [-0.4, -0.2) is 0 Å². The van der Waals surface area contributed by atoms with Crippen molar-refractivity contribution in [3.63, 3.8) is 0 Å². The van der Waals surface area contributed by atoms with Crippen LogP contribution in [0.1, 0.15) is 12.8 Å². The molecule has 10 heavy (non-hydrogen) atoms. The summed E-state index contributed by atoms with van der Waals surface area (Å²) in [5.41, 5.74) is 0.978. The van der Waals surface area contributed by atoms with Crippen LogP contribution in [0.3, 0.4) is 0 Å². The summed E-state index contributed by atoms with van der Waals surface area (Å²) in [6, 6.07) is 2.23. The highest BCUT2D eigenvalue weighted by molar-refractivity contribution is 5.30. The molecule has 0 spiro atoms. The molecule has 50 valence electrons. The summed E-state index contributed by atoms with van der Waals surface area (Å²) < 4.78 is 0. The molecule has 2 bridgehead atoms. The minimum atomic E-state index is 0.577. The highest BCUT2D eigenvalue weighted by atomic mass is 14.3. The van der Waals surface area contributed by atoms with Crippen LogP contribution in [0.25, 0.3) is 0 Å². The van der Waals surface area contributed by atoms with Gasteiger partial charge >= 0.3 is 0 Å². The largest absolute Gasteiger partial charge is 0.193 e. The fourth-order valence-electron chi connectivity index (χ4n) is 1.77. The average Bonchev–Trinajstić information content (AvgIpc) is 2.30. The van der Waals surface area contributed by atoms with Gasteiger partial charge in [-0.25, -0.2) is 0 Å². The Morgan fingerprint density at radius 1 is 1.50 bits per heavy atom. The van der Waals surface area contributed by atoms with Crippen LogP contribution in [-0.2, 0) is 0 Å². The van der Waals surface area contributed by atoms with Crippen LogP contribution in [0.15, 0.2) is 23.8 Å². The molecular formula is C9H9N. The molecule has 0 aromatic heterocycles. The van der Waals surface area contributed by atoms with Crippen molar-refractivity contribution in [1.29, 1.82) is 5.26 Å². The lowest BCUT2D eigenvalue weighted by Crippen LogP contribution is -2.04. The maximum atomic E-state index is 8.61. The Hall–Kier alpha value is -1.03. The summed E-state index contributed by atoms with van der Waals surface area (Å²) in [7, 11) is 0. The first kappa shape index (κ1) is 5.73. The molecule has 0 radical (unpaired) electrons. The number of hydrogen-bond donors (Lipinski definition) is 0. The lowest BCUT2D eigenvalue weighted by Gasteiger charge is -2.14. The quantitative estimate of drug-likeness (QED) is 0.461. The number of allylic oxidation sites excluding steroid dienone is 4. The molecule has 2 unspecified atom stereocenters. The van der Waals surface area contributed by atoms with E-state index < -0.39 is 0 Å². The maximum Gasteiger partial charge on any atom is 0.0944 e. The lowest BCUT2D eigenvalue weighted by molar-refractivity contribution is 0.550. The van der Waals surface area contributed by atoms with E-state index in [0.29, 0.717) is 11.8 Å². The van der Waals surface area contributed by atoms with Crippen LogP contribution < -0.4 is 0 Å². The second-order valence-electron chi connectivity index (χ2n) is 3.05. The van der Waals surface area contributed by atoms with Crippen LogP contribution in [0.2, 0.25) is 0 Å². The third kappa shape index (κ3) is 0.769. The number of nitrogens with zero attached hydrogens (tertiary/aromatic N) is 1. The average molecular weight is 131 g/mol. The fraction of sp³-hybridized carbons (Fsp3) is 0.444. The lowest BCUT2D eigenvalue weighted by atomic mass is 9.89. The first-order valence-electron chi connectivity index (χ1n) is 3.67. The standard InChI is InChI=1S/C9H9N/c10-6-9-4-7-1-2-8(3-7)5-9/h1-2,4,7-8H,3,5H2. The Morgan fingerprint density at radius 3 is 3.10 bits per heavy atom. The molecule has 0 N–H and O–H groups in total. The van der Waals surface area contributed by atoms with Gasteiger partial charge in [0.15, 0.2) is 0 Å². The van der Waals surface area contributed by atoms with Crippen LogP contribution in [0.4, 0.5) is 0 Å². The van der Waals surface area contributed by atoms with Crippen LogP contribution >= 0.6 is 0 Å². The molecule has 1 nitrogen and oxygen atoms in total. The van der Waals surface area contributed by atoms with E-state index in [1.807, 2.05) is 0 Å². The number of hydrogen-bond acceptors (Lipinski definition) is 1. The molecule has 2 aliphatic rings. The minimum Gasteiger partial charge on any atom is -0.193 e. The Labute approximate surface area is 60.7 Å². The van der Waals surface area contributed by atoms with Gasteiger partial charge in [0.25, 0.3) is 0 Å². The predicted octanol–water partition coefficient (Wildman–Crippen LogP) is 2.03. The summed E-state index contributed by atoms with van der Waals surface area (Å²) in [6.07, 6.45) is 8.77. The van der Waals surface area contributed by atoms with Crippen molar-refractivity contribution in [2.24, 2.45) is 11.8 Å². The topological polar surface area (TPSA) is 23.8 Å². The van der Waals surface area contributed by atoms with E-state index in [0.717, 1.165) is 12.0 Å². The van der Waals surface area contributed by atoms with E-state index >= 15 is 0 Å². The molecular weight excluding hydrogens is 122 g/mol. The molecule has 0 heterocycles. The third-order valence-corrected chi connectivity index (χ3v) is 2.25. The normalized spacial score (nSPS) is 35.3. The van der Waals surface area contributed by atoms with Gasteiger partial charge in [-0.05, 0) is 24.7 Å². The SMILES string of the molecule is N#CC1=CC2C=CC(C1)C2. The van der Waals surface area contributed by atoms with Crippen molar-refractivity contribution >= 4 is 0 Å². The van der Waals surface area contributed by atoms with E-state index in [2.05, 4.69) is 24.3 Å². The van der Waals surface area contributed by atoms with Gasteiger partial charge in [-0.2, -0.15) is 5.26 Å². The van der Waals surface area contributed by atoms with Crippen molar-refractivity contribution in [3.8, 4) is 6.07 Å². The molecule has 0 aromatic carbocycles. The Bertz CT molecular complexity index is 242. The monoisotopic (exact) mass is 131 g/mol. The van der Waals surface area contributed by atoms with Gasteiger partial charge < -0.3 is 0 Å².